The van der Waals surface area contributed by atoms with Crippen molar-refractivity contribution in [2.24, 2.45) is 0 Å². The summed E-state index contributed by atoms with van der Waals surface area (Å²) in [4.78, 5) is 0. The van der Waals surface area contributed by atoms with Crippen molar-refractivity contribution in [3.05, 3.63) is 0 Å². The van der Waals surface area contributed by atoms with E-state index in [0.29, 0.717) is 10.5 Å². The van der Waals surface area contributed by atoms with Crippen LogP contribution in [0.5, 0.6) is 0 Å². The molecule has 0 aromatic rings. The molecule has 0 fully saturated rings. The molecule has 1 atom stereocenters. The summed E-state index contributed by atoms with van der Waals surface area (Å²) < 4.78 is 21.9. The van der Waals surface area contributed by atoms with Crippen molar-refractivity contribution >= 4 is 10.5 Å². The Hall–Kier alpha value is 0.0569. The molecule has 24 heavy (non-hydrogen) atoms. The summed E-state index contributed by atoms with van der Waals surface area (Å²) >= 11 is 0. The summed E-state index contributed by atoms with van der Waals surface area (Å²) in [5.74, 6) is -1.03. The number of ether oxygens (including phenoxy) is 3. The van der Waals surface area contributed by atoms with Gasteiger partial charge < -0.3 is 18.6 Å². The van der Waals surface area contributed by atoms with Crippen molar-refractivity contribution in [1.29, 1.82) is 0 Å². The highest BCUT2D eigenvalue weighted by Crippen LogP contribution is 2.24. The van der Waals surface area contributed by atoms with Crippen molar-refractivity contribution in [1.82, 2.24) is 0 Å². The van der Waals surface area contributed by atoms with Crippen LogP contribution < -0.4 is 0 Å². The fraction of sp³-hybridized carbons (Fsp3) is 1.00. The highest BCUT2D eigenvalue weighted by molar-refractivity contribution is 5.98. The van der Waals surface area contributed by atoms with E-state index in [1.807, 2.05) is 0 Å². The first-order chi connectivity index (χ1) is 11.7. The normalized spacial score (nSPS) is 13.5. The highest BCUT2D eigenvalue weighted by Gasteiger charge is 2.39. The molecule has 0 saturated carbocycles. The Morgan fingerprint density at radius 3 is 1.46 bits per heavy atom. The second-order valence-corrected chi connectivity index (χ2v) is 7.03. The molecule has 0 aliphatic carbocycles. The minimum atomic E-state index is -1.03. The Morgan fingerprint density at radius 2 is 1.12 bits per heavy atom. The van der Waals surface area contributed by atoms with E-state index in [2.05, 4.69) is 6.92 Å². The van der Waals surface area contributed by atoms with Gasteiger partial charge in [-0.15, -0.1) is 0 Å². The van der Waals surface area contributed by atoms with Crippen molar-refractivity contribution in [2.75, 3.05) is 21.3 Å². The summed E-state index contributed by atoms with van der Waals surface area (Å²) in [6.07, 6.45) is 17.0. The van der Waals surface area contributed by atoms with Gasteiger partial charge in [0.2, 0.25) is 0 Å². The van der Waals surface area contributed by atoms with Crippen LogP contribution in [0.15, 0.2) is 0 Å². The van der Waals surface area contributed by atoms with Crippen LogP contribution in [0.4, 0.5) is 0 Å². The third-order valence-electron chi connectivity index (χ3n) is 4.85. The number of hydrogen-bond donors (Lipinski definition) is 0. The molecule has 0 heterocycles. The summed E-state index contributed by atoms with van der Waals surface area (Å²) in [5, 5.41) is 0. The van der Waals surface area contributed by atoms with Crippen LogP contribution in [0.1, 0.15) is 90.4 Å². The van der Waals surface area contributed by atoms with E-state index in [1.165, 1.54) is 70.6 Å². The molecule has 5 heteroatoms. The molecule has 0 N–H and O–H groups in total. The number of methoxy groups -OCH3 is 3. The van der Waals surface area contributed by atoms with Crippen LogP contribution in [-0.4, -0.2) is 43.9 Å². The Morgan fingerprint density at radius 1 is 0.708 bits per heavy atom. The Labute approximate surface area is 153 Å². The van der Waals surface area contributed by atoms with Gasteiger partial charge in [0, 0.05) is 21.3 Å². The topological polar surface area (TPSA) is 36.9 Å². The number of hydrogen-bond acceptors (Lipinski definition) is 4. The van der Waals surface area contributed by atoms with Gasteiger partial charge in [-0.25, -0.2) is 0 Å². The standard InChI is InChI=1S/C19H42O4Si/c1-5-6-7-8-9-10-11-12-13-14-15-16-17-18(20-2)19(21-3,22-4)23-24/h18H,5-17H2,1-4,24H3. The van der Waals surface area contributed by atoms with Crippen molar-refractivity contribution in [3.63, 3.8) is 0 Å². The van der Waals surface area contributed by atoms with Crippen LogP contribution >= 0.6 is 0 Å². The second kappa shape index (κ2) is 16.5. The summed E-state index contributed by atoms with van der Waals surface area (Å²) in [7, 11) is 5.46. The van der Waals surface area contributed by atoms with E-state index in [1.54, 1.807) is 21.3 Å². The molecular formula is C19H42O4Si. The van der Waals surface area contributed by atoms with Crippen LogP contribution in [0.2, 0.25) is 0 Å². The number of rotatable bonds is 18. The van der Waals surface area contributed by atoms with E-state index in [4.69, 9.17) is 18.6 Å². The first-order valence-electron chi connectivity index (χ1n) is 9.89. The van der Waals surface area contributed by atoms with E-state index in [0.717, 1.165) is 12.8 Å². The molecule has 0 aliphatic rings. The van der Waals surface area contributed by atoms with Crippen molar-refractivity contribution < 1.29 is 18.6 Å². The monoisotopic (exact) mass is 362 g/mol. The zero-order valence-corrected chi connectivity index (χ0v) is 18.9. The van der Waals surface area contributed by atoms with Gasteiger partial charge >= 0.3 is 0 Å². The van der Waals surface area contributed by atoms with Gasteiger partial charge in [-0.3, -0.25) is 0 Å². The van der Waals surface area contributed by atoms with Gasteiger partial charge in [-0.2, -0.15) is 0 Å². The molecule has 0 spiro atoms. The van der Waals surface area contributed by atoms with Crippen LogP contribution in [0.25, 0.3) is 0 Å². The molecule has 4 nitrogen and oxygen atoms in total. The quantitative estimate of drug-likeness (QED) is 0.206. The predicted octanol–water partition coefficient (Wildman–Crippen LogP) is 4.34. The zero-order chi connectivity index (χ0) is 18.1. The minimum absolute atomic E-state index is 0.173. The molecule has 0 saturated heterocycles. The molecule has 1 unspecified atom stereocenters. The first kappa shape index (κ1) is 24.1. The molecule has 0 amide bonds. The molecule has 0 aliphatic heterocycles. The third kappa shape index (κ3) is 10.1. The molecule has 0 radical (unpaired) electrons. The maximum absolute atomic E-state index is 5.54. The lowest BCUT2D eigenvalue weighted by Crippen LogP contribution is -2.49. The van der Waals surface area contributed by atoms with E-state index >= 15 is 0 Å². The maximum atomic E-state index is 5.54. The van der Waals surface area contributed by atoms with Crippen molar-refractivity contribution in [2.45, 2.75) is 102 Å². The summed E-state index contributed by atoms with van der Waals surface area (Å²) in [6.45, 7) is 2.27. The lowest BCUT2D eigenvalue weighted by molar-refractivity contribution is -0.365. The minimum Gasteiger partial charge on any atom is -0.378 e. The van der Waals surface area contributed by atoms with Gasteiger partial charge in [0.25, 0.3) is 5.97 Å². The van der Waals surface area contributed by atoms with E-state index in [9.17, 15) is 0 Å². The smallest absolute Gasteiger partial charge is 0.300 e. The molecule has 146 valence electrons. The average Bonchev–Trinajstić information content (AvgIpc) is 2.62. The molecule has 0 aromatic carbocycles. The van der Waals surface area contributed by atoms with Crippen LogP contribution in [0.3, 0.4) is 0 Å². The number of unbranched alkanes of at least 4 members (excludes halogenated alkanes) is 11. The summed E-state index contributed by atoms with van der Waals surface area (Å²) in [5.41, 5.74) is 0. The van der Waals surface area contributed by atoms with Gasteiger partial charge in [-0.1, -0.05) is 84.0 Å². The lowest BCUT2D eigenvalue weighted by atomic mass is 10.0. The average molecular weight is 363 g/mol. The van der Waals surface area contributed by atoms with Gasteiger partial charge in [0.15, 0.2) is 10.5 Å². The zero-order valence-electron chi connectivity index (χ0n) is 16.9. The largest absolute Gasteiger partial charge is 0.378 e. The fourth-order valence-corrected chi connectivity index (χ4v) is 3.85. The van der Waals surface area contributed by atoms with Gasteiger partial charge in [0.05, 0.1) is 0 Å². The molecule has 0 bridgehead atoms. The van der Waals surface area contributed by atoms with E-state index < -0.39 is 5.97 Å². The molecule has 0 aromatic heterocycles. The maximum Gasteiger partial charge on any atom is 0.300 e. The third-order valence-corrected chi connectivity index (χ3v) is 5.42. The Kier molecular flexibility index (Phi) is 16.6. The first-order valence-corrected chi connectivity index (χ1v) is 10.7. The predicted molar refractivity (Wildman–Crippen MR) is 104 cm³/mol. The molecular weight excluding hydrogens is 320 g/mol. The SMILES string of the molecule is CCCCCCCCCCCCCCC(OC)C(OC)(OC)O[SiH3]. The molecule has 0 rings (SSSR count). The Balaban J connectivity index is 3.60. The highest BCUT2D eigenvalue weighted by atomic mass is 28.2. The van der Waals surface area contributed by atoms with Crippen molar-refractivity contribution in [3.8, 4) is 0 Å². The van der Waals surface area contributed by atoms with Gasteiger partial charge in [-0.05, 0) is 6.42 Å². The lowest BCUT2D eigenvalue weighted by Gasteiger charge is -2.35. The second-order valence-electron chi connectivity index (χ2n) is 6.62. The van der Waals surface area contributed by atoms with Gasteiger partial charge in [0.1, 0.15) is 6.10 Å². The Bertz CT molecular complexity index is 251. The van der Waals surface area contributed by atoms with Crippen LogP contribution in [-0.2, 0) is 18.6 Å². The van der Waals surface area contributed by atoms with Crippen LogP contribution in [0, 0.1) is 0 Å². The fourth-order valence-electron chi connectivity index (χ4n) is 3.25. The summed E-state index contributed by atoms with van der Waals surface area (Å²) in [6, 6.07) is 0. The van der Waals surface area contributed by atoms with E-state index in [-0.39, 0.29) is 6.10 Å².